The van der Waals surface area contributed by atoms with Crippen LogP contribution in [0.4, 0.5) is 0 Å². The zero-order valence-corrected chi connectivity index (χ0v) is 14.5. The third kappa shape index (κ3) is 4.76. The third-order valence-corrected chi connectivity index (χ3v) is 5.70. The Labute approximate surface area is 138 Å². The lowest BCUT2D eigenvalue weighted by atomic mass is 10.0. The number of likely N-dealkylation sites (tertiary alicyclic amines) is 1. The second-order valence-corrected chi connectivity index (χ2v) is 8.05. The number of nitrogens with two attached hydrogens (primary N) is 1. The topological polar surface area (TPSA) is 92.5 Å². The summed E-state index contributed by atoms with van der Waals surface area (Å²) < 4.78 is 27.3. The van der Waals surface area contributed by atoms with Gasteiger partial charge in [0.05, 0.1) is 4.90 Å². The van der Waals surface area contributed by atoms with Crippen molar-refractivity contribution in [2.45, 2.75) is 31.6 Å². The molecule has 0 unspecified atom stereocenters. The number of carbonyl (C=O) groups excluding carboxylic acids is 1. The van der Waals surface area contributed by atoms with Crippen LogP contribution in [0.25, 0.3) is 0 Å². The fraction of sp³-hybridized carbons (Fsp3) is 0.562. The summed E-state index contributed by atoms with van der Waals surface area (Å²) in [6.45, 7) is 7.02. The van der Waals surface area contributed by atoms with Crippen molar-refractivity contribution in [3.8, 4) is 0 Å². The molecule has 1 atom stereocenters. The molecule has 1 heterocycles. The van der Waals surface area contributed by atoms with Crippen molar-refractivity contribution in [1.29, 1.82) is 0 Å². The van der Waals surface area contributed by atoms with Crippen LogP contribution in [0.1, 0.15) is 35.7 Å². The number of sulfonamides is 1. The van der Waals surface area contributed by atoms with Crippen LogP contribution in [-0.2, 0) is 10.0 Å². The standard InChI is InChI=1S/C16H25N3O3S/c1-12-4-3-8-19(11-12)9-7-18-23(21,22)14-6-5-13(2)15(10-14)16(17)20/h5-6,10,12,18H,3-4,7-9,11H2,1-2H3,(H2,17,20)/t12-/m0/s1. The zero-order chi connectivity index (χ0) is 17.0. The summed E-state index contributed by atoms with van der Waals surface area (Å²) in [6.07, 6.45) is 2.40. The number of primary amides is 1. The maximum absolute atomic E-state index is 12.3. The van der Waals surface area contributed by atoms with Crippen LogP contribution in [0.3, 0.4) is 0 Å². The van der Waals surface area contributed by atoms with Crippen molar-refractivity contribution in [2.24, 2.45) is 11.7 Å². The molecule has 1 aliphatic rings. The van der Waals surface area contributed by atoms with Crippen molar-refractivity contribution in [1.82, 2.24) is 9.62 Å². The molecule has 6 nitrogen and oxygen atoms in total. The minimum atomic E-state index is -3.63. The molecule has 0 spiro atoms. The predicted octanol–water partition coefficient (Wildman–Crippen LogP) is 1.10. The molecule has 0 aliphatic carbocycles. The molecule has 23 heavy (non-hydrogen) atoms. The molecule has 0 radical (unpaired) electrons. The number of nitrogens with one attached hydrogen (secondary N) is 1. The van der Waals surface area contributed by atoms with E-state index in [4.69, 9.17) is 5.73 Å². The first-order valence-corrected chi connectivity index (χ1v) is 9.40. The van der Waals surface area contributed by atoms with E-state index >= 15 is 0 Å². The average molecular weight is 339 g/mol. The smallest absolute Gasteiger partial charge is 0.249 e. The van der Waals surface area contributed by atoms with E-state index in [2.05, 4.69) is 16.5 Å². The van der Waals surface area contributed by atoms with Gasteiger partial charge in [0.2, 0.25) is 15.9 Å². The predicted molar refractivity (Wildman–Crippen MR) is 89.7 cm³/mol. The molecule has 1 saturated heterocycles. The number of rotatable bonds is 6. The monoisotopic (exact) mass is 339 g/mol. The van der Waals surface area contributed by atoms with E-state index in [-0.39, 0.29) is 10.5 Å². The Bertz CT molecular complexity index is 673. The highest BCUT2D eigenvalue weighted by molar-refractivity contribution is 7.89. The van der Waals surface area contributed by atoms with Gasteiger partial charge in [0.15, 0.2) is 0 Å². The number of carbonyl (C=O) groups is 1. The van der Waals surface area contributed by atoms with Crippen LogP contribution < -0.4 is 10.5 Å². The van der Waals surface area contributed by atoms with Gasteiger partial charge in [-0.1, -0.05) is 13.0 Å². The highest BCUT2D eigenvalue weighted by Crippen LogP contribution is 2.16. The summed E-state index contributed by atoms with van der Waals surface area (Å²) in [5, 5.41) is 0. The molecule has 1 aromatic carbocycles. The lowest BCUT2D eigenvalue weighted by molar-refractivity contribution is 0.0999. The maximum atomic E-state index is 12.3. The molecule has 0 saturated carbocycles. The molecule has 0 aromatic heterocycles. The lowest BCUT2D eigenvalue weighted by Gasteiger charge is -2.30. The summed E-state index contributed by atoms with van der Waals surface area (Å²) in [6, 6.07) is 4.43. The van der Waals surface area contributed by atoms with Crippen molar-refractivity contribution < 1.29 is 13.2 Å². The number of aryl methyl sites for hydroxylation is 1. The number of piperidine rings is 1. The molecule has 128 valence electrons. The van der Waals surface area contributed by atoms with Gasteiger partial charge >= 0.3 is 0 Å². The summed E-state index contributed by atoms with van der Waals surface area (Å²) >= 11 is 0. The molecule has 2 rings (SSSR count). The Balaban J connectivity index is 1.99. The van der Waals surface area contributed by atoms with Gasteiger partial charge in [-0.25, -0.2) is 13.1 Å². The Morgan fingerprint density at radius 3 is 2.83 bits per heavy atom. The second-order valence-electron chi connectivity index (χ2n) is 6.29. The van der Waals surface area contributed by atoms with Gasteiger partial charge < -0.3 is 10.6 Å². The van der Waals surface area contributed by atoms with Crippen LogP contribution >= 0.6 is 0 Å². The van der Waals surface area contributed by atoms with Crippen LogP contribution in [-0.4, -0.2) is 45.4 Å². The summed E-state index contributed by atoms with van der Waals surface area (Å²) in [7, 11) is -3.63. The van der Waals surface area contributed by atoms with E-state index in [0.29, 0.717) is 24.6 Å². The van der Waals surface area contributed by atoms with E-state index in [1.54, 1.807) is 13.0 Å². The van der Waals surface area contributed by atoms with E-state index < -0.39 is 15.9 Å². The van der Waals surface area contributed by atoms with E-state index in [0.717, 1.165) is 19.5 Å². The molecule has 1 fully saturated rings. The van der Waals surface area contributed by atoms with Gasteiger partial charge in [0, 0.05) is 25.2 Å². The van der Waals surface area contributed by atoms with Gasteiger partial charge in [-0.05, 0) is 49.9 Å². The Kier molecular flexibility index (Phi) is 5.78. The average Bonchev–Trinajstić information content (AvgIpc) is 2.47. The van der Waals surface area contributed by atoms with E-state index in [1.807, 2.05) is 0 Å². The molecule has 7 heteroatoms. The van der Waals surface area contributed by atoms with Gasteiger partial charge in [0.25, 0.3) is 0 Å². The number of benzene rings is 1. The molecular formula is C16H25N3O3S. The quantitative estimate of drug-likeness (QED) is 0.812. The van der Waals surface area contributed by atoms with Gasteiger partial charge in [-0.15, -0.1) is 0 Å². The molecule has 1 aliphatic heterocycles. The minimum absolute atomic E-state index is 0.0731. The van der Waals surface area contributed by atoms with Crippen LogP contribution in [0, 0.1) is 12.8 Å². The minimum Gasteiger partial charge on any atom is -0.366 e. The van der Waals surface area contributed by atoms with Crippen molar-refractivity contribution in [2.75, 3.05) is 26.2 Å². The first kappa shape index (κ1) is 17.9. The first-order valence-electron chi connectivity index (χ1n) is 7.92. The molecule has 0 bridgehead atoms. The van der Waals surface area contributed by atoms with Gasteiger partial charge in [0.1, 0.15) is 0 Å². The molecule has 1 amide bonds. The highest BCUT2D eigenvalue weighted by Gasteiger charge is 2.19. The van der Waals surface area contributed by atoms with Gasteiger partial charge in [-0.3, -0.25) is 4.79 Å². The molecular weight excluding hydrogens is 314 g/mol. The first-order chi connectivity index (χ1) is 10.8. The van der Waals surface area contributed by atoms with Crippen LogP contribution in [0.2, 0.25) is 0 Å². The molecule has 3 N–H and O–H groups in total. The van der Waals surface area contributed by atoms with Crippen molar-refractivity contribution in [3.05, 3.63) is 29.3 Å². The largest absolute Gasteiger partial charge is 0.366 e. The SMILES string of the molecule is Cc1ccc(S(=O)(=O)NCCN2CCC[C@H](C)C2)cc1C(N)=O. The lowest BCUT2D eigenvalue weighted by Crippen LogP contribution is -2.40. The second kappa shape index (κ2) is 7.42. The van der Waals surface area contributed by atoms with Crippen LogP contribution in [0.5, 0.6) is 0 Å². The number of nitrogens with zero attached hydrogens (tertiary/aromatic N) is 1. The molecule has 1 aromatic rings. The van der Waals surface area contributed by atoms with E-state index in [1.165, 1.54) is 18.6 Å². The maximum Gasteiger partial charge on any atom is 0.249 e. The fourth-order valence-electron chi connectivity index (χ4n) is 2.94. The van der Waals surface area contributed by atoms with Crippen molar-refractivity contribution >= 4 is 15.9 Å². The Hall–Kier alpha value is -1.44. The fourth-order valence-corrected chi connectivity index (χ4v) is 3.99. The van der Waals surface area contributed by atoms with Crippen molar-refractivity contribution in [3.63, 3.8) is 0 Å². The summed E-state index contributed by atoms with van der Waals surface area (Å²) in [5.74, 6) is 0.0393. The normalized spacial score (nSPS) is 19.7. The Morgan fingerprint density at radius 1 is 1.43 bits per heavy atom. The van der Waals surface area contributed by atoms with Crippen LogP contribution in [0.15, 0.2) is 23.1 Å². The number of hydrogen-bond acceptors (Lipinski definition) is 4. The summed E-state index contributed by atoms with van der Waals surface area (Å²) in [5.41, 5.74) is 6.18. The summed E-state index contributed by atoms with van der Waals surface area (Å²) in [4.78, 5) is 13.7. The highest BCUT2D eigenvalue weighted by atomic mass is 32.2. The van der Waals surface area contributed by atoms with Gasteiger partial charge in [-0.2, -0.15) is 0 Å². The number of hydrogen-bond donors (Lipinski definition) is 2. The van der Waals surface area contributed by atoms with E-state index in [9.17, 15) is 13.2 Å². The number of amides is 1. The zero-order valence-electron chi connectivity index (χ0n) is 13.7. The Morgan fingerprint density at radius 2 is 2.17 bits per heavy atom. The third-order valence-electron chi connectivity index (χ3n) is 4.25.